The highest BCUT2D eigenvalue weighted by Gasteiger charge is 2.30. The molecule has 132 valence electrons. The molecule has 1 aliphatic heterocycles. The molecule has 0 amide bonds. The predicted molar refractivity (Wildman–Crippen MR) is 101 cm³/mol. The van der Waals surface area contributed by atoms with Gasteiger partial charge in [0.25, 0.3) is 0 Å². The highest BCUT2D eigenvalue weighted by atomic mass is 32.1. The van der Waals surface area contributed by atoms with Crippen molar-refractivity contribution in [2.24, 2.45) is 0 Å². The topological polar surface area (TPSA) is 61.5 Å². The molecule has 0 unspecified atom stereocenters. The summed E-state index contributed by atoms with van der Waals surface area (Å²) >= 11 is 1.69. The molecule has 0 saturated heterocycles. The van der Waals surface area contributed by atoms with Crippen LogP contribution in [0.15, 0.2) is 30.6 Å². The summed E-state index contributed by atoms with van der Waals surface area (Å²) in [6.07, 6.45) is 2.60. The Hall–Kier alpha value is -2.51. The number of benzene rings is 1. The average molecular weight is 366 g/mol. The number of nitrogens with zero attached hydrogens (tertiary/aromatic N) is 4. The second kappa shape index (κ2) is 5.49. The van der Waals surface area contributed by atoms with Crippen molar-refractivity contribution in [3.63, 3.8) is 0 Å². The van der Waals surface area contributed by atoms with Crippen LogP contribution < -0.4 is 4.74 Å². The molecule has 0 aliphatic carbocycles. The Morgan fingerprint density at radius 2 is 2.04 bits per heavy atom. The summed E-state index contributed by atoms with van der Waals surface area (Å²) in [5, 5.41) is 5.74. The fourth-order valence-electron chi connectivity index (χ4n) is 3.40. The molecule has 4 aromatic rings. The zero-order valence-corrected chi connectivity index (χ0v) is 15.6. The van der Waals surface area contributed by atoms with Gasteiger partial charge in [-0.2, -0.15) is 0 Å². The lowest BCUT2D eigenvalue weighted by Crippen LogP contribution is -2.31. The summed E-state index contributed by atoms with van der Waals surface area (Å²) in [5.74, 6) is 1.50. The van der Waals surface area contributed by atoms with Crippen molar-refractivity contribution in [1.82, 2.24) is 19.6 Å². The van der Waals surface area contributed by atoms with Crippen molar-refractivity contribution < 1.29 is 9.47 Å². The molecule has 6 nitrogen and oxygen atoms in total. The average Bonchev–Trinajstić information content (AvgIpc) is 3.21. The van der Waals surface area contributed by atoms with Crippen LogP contribution in [0.2, 0.25) is 0 Å². The number of fused-ring (bicyclic) bond motifs is 5. The Balaban J connectivity index is 1.70. The number of hydrogen-bond donors (Lipinski definition) is 0. The highest BCUT2D eigenvalue weighted by Crippen LogP contribution is 2.39. The minimum Gasteiger partial charge on any atom is -0.497 e. The van der Waals surface area contributed by atoms with Gasteiger partial charge in [-0.3, -0.25) is 0 Å². The molecule has 0 saturated carbocycles. The maximum atomic E-state index is 5.96. The van der Waals surface area contributed by atoms with E-state index in [1.54, 1.807) is 29.3 Å². The monoisotopic (exact) mass is 366 g/mol. The normalized spacial score (nSPS) is 16.1. The largest absolute Gasteiger partial charge is 0.497 e. The van der Waals surface area contributed by atoms with Gasteiger partial charge in [0, 0.05) is 16.9 Å². The second-order valence-corrected chi connectivity index (χ2v) is 8.17. The zero-order chi connectivity index (χ0) is 17.9. The number of aromatic nitrogens is 4. The molecule has 7 heteroatoms. The maximum Gasteiger partial charge on any atom is 0.182 e. The molecule has 0 fully saturated rings. The van der Waals surface area contributed by atoms with Gasteiger partial charge in [-0.1, -0.05) is 0 Å². The lowest BCUT2D eigenvalue weighted by atomic mass is 9.94. The summed E-state index contributed by atoms with van der Waals surface area (Å²) in [7, 11) is 1.66. The summed E-state index contributed by atoms with van der Waals surface area (Å²) in [6.45, 7) is 4.88. The Kier molecular flexibility index (Phi) is 3.32. The third-order valence-electron chi connectivity index (χ3n) is 4.76. The van der Waals surface area contributed by atoms with E-state index in [-0.39, 0.29) is 5.60 Å². The molecule has 5 rings (SSSR count). The van der Waals surface area contributed by atoms with Gasteiger partial charge < -0.3 is 9.47 Å². The molecule has 1 aromatic carbocycles. The molecule has 0 radical (unpaired) electrons. The van der Waals surface area contributed by atoms with Gasteiger partial charge in [-0.05, 0) is 43.7 Å². The van der Waals surface area contributed by atoms with Crippen LogP contribution in [0.1, 0.15) is 24.3 Å². The lowest BCUT2D eigenvalue weighted by molar-refractivity contribution is -0.0379. The van der Waals surface area contributed by atoms with Gasteiger partial charge in [0.1, 0.15) is 16.9 Å². The quantitative estimate of drug-likeness (QED) is 0.539. The van der Waals surface area contributed by atoms with Crippen molar-refractivity contribution in [1.29, 1.82) is 0 Å². The first-order valence-corrected chi connectivity index (χ1v) is 9.30. The minimum absolute atomic E-state index is 0.174. The molecule has 26 heavy (non-hydrogen) atoms. The molecular formula is C19H18N4O2S. The predicted octanol–water partition coefficient (Wildman–Crippen LogP) is 3.87. The van der Waals surface area contributed by atoms with Gasteiger partial charge in [0.05, 0.1) is 24.7 Å². The molecule has 0 atom stereocenters. The molecule has 0 bridgehead atoms. The summed E-state index contributed by atoms with van der Waals surface area (Å²) in [4.78, 5) is 11.7. The van der Waals surface area contributed by atoms with Gasteiger partial charge in [0.2, 0.25) is 0 Å². The molecule has 0 spiro atoms. The van der Waals surface area contributed by atoms with E-state index >= 15 is 0 Å². The fourth-order valence-corrected chi connectivity index (χ4v) is 4.47. The van der Waals surface area contributed by atoms with Gasteiger partial charge in [0.15, 0.2) is 11.5 Å². The van der Waals surface area contributed by atoms with E-state index in [1.165, 1.54) is 10.4 Å². The van der Waals surface area contributed by atoms with Gasteiger partial charge >= 0.3 is 0 Å². The van der Waals surface area contributed by atoms with Crippen molar-refractivity contribution in [2.45, 2.75) is 32.5 Å². The van der Waals surface area contributed by atoms with Crippen LogP contribution in [0.5, 0.6) is 5.75 Å². The molecule has 3 aromatic heterocycles. The highest BCUT2D eigenvalue weighted by molar-refractivity contribution is 7.19. The number of rotatable bonds is 2. The lowest BCUT2D eigenvalue weighted by Gasteiger charge is -2.30. The molecular weight excluding hydrogens is 348 g/mol. The fraction of sp³-hybridized carbons (Fsp3) is 0.316. The van der Waals surface area contributed by atoms with E-state index < -0.39 is 0 Å². The van der Waals surface area contributed by atoms with Crippen LogP contribution in [-0.4, -0.2) is 32.3 Å². The van der Waals surface area contributed by atoms with E-state index in [9.17, 15) is 0 Å². The number of ether oxygens (including phenoxy) is 2. The Morgan fingerprint density at radius 1 is 1.23 bits per heavy atom. The van der Waals surface area contributed by atoms with Gasteiger partial charge in [-0.25, -0.2) is 14.5 Å². The smallest absolute Gasteiger partial charge is 0.182 e. The SMILES string of the molecule is COc1ccc(-c2nc3c4c5c(sc4ncn3n2)COC(C)(C)C5)cc1. The van der Waals surface area contributed by atoms with E-state index in [0.717, 1.165) is 33.6 Å². The number of methoxy groups -OCH3 is 1. The maximum absolute atomic E-state index is 5.96. The Bertz CT molecular complexity index is 1130. The van der Waals surface area contributed by atoms with Crippen molar-refractivity contribution in [2.75, 3.05) is 7.11 Å². The summed E-state index contributed by atoms with van der Waals surface area (Å²) in [5.41, 5.74) is 2.94. The van der Waals surface area contributed by atoms with Crippen LogP contribution >= 0.6 is 11.3 Å². The van der Waals surface area contributed by atoms with Crippen LogP contribution in [0.4, 0.5) is 0 Å². The van der Waals surface area contributed by atoms with Crippen molar-refractivity contribution in [3.05, 3.63) is 41.0 Å². The minimum atomic E-state index is -0.174. The Labute approximate surface area is 154 Å². The van der Waals surface area contributed by atoms with E-state index in [4.69, 9.17) is 14.5 Å². The number of hydrogen-bond acceptors (Lipinski definition) is 6. The summed E-state index contributed by atoms with van der Waals surface area (Å²) < 4.78 is 13.0. The van der Waals surface area contributed by atoms with E-state index in [2.05, 4.69) is 23.9 Å². The first kappa shape index (κ1) is 15.7. The van der Waals surface area contributed by atoms with Crippen molar-refractivity contribution in [3.8, 4) is 17.1 Å². The van der Waals surface area contributed by atoms with Crippen molar-refractivity contribution >= 4 is 27.2 Å². The first-order chi connectivity index (χ1) is 12.5. The first-order valence-electron chi connectivity index (χ1n) is 8.48. The van der Waals surface area contributed by atoms with Crippen LogP contribution in [0, 0.1) is 0 Å². The zero-order valence-electron chi connectivity index (χ0n) is 14.8. The Morgan fingerprint density at radius 3 is 2.81 bits per heavy atom. The van der Waals surface area contributed by atoms with Crippen LogP contribution in [0.25, 0.3) is 27.3 Å². The third kappa shape index (κ3) is 2.39. The van der Waals surface area contributed by atoms with Crippen LogP contribution in [-0.2, 0) is 17.8 Å². The van der Waals surface area contributed by atoms with Gasteiger partial charge in [-0.15, -0.1) is 16.4 Å². The standard InChI is InChI=1S/C19H18N4O2S/c1-19(2)8-13-14(9-25-19)26-18-15(13)17-21-16(22-23(17)10-20-18)11-4-6-12(24-3)7-5-11/h4-7,10H,8-9H2,1-3H3. The van der Waals surface area contributed by atoms with E-state index in [0.29, 0.717) is 12.4 Å². The second-order valence-electron chi connectivity index (χ2n) is 7.09. The van der Waals surface area contributed by atoms with E-state index in [1.807, 2.05) is 24.3 Å². The van der Waals surface area contributed by atoms with Crippen LogP contribution in [0.3, 0.4) is 0 Å². The molecule has 4 heterocycles. The molecule has 1 aliphatic rings. The molecule has 0 N–H and O–H groups in total. The number of thiophene rings is 1. The summed E-state index contributed by atoms with van der Waals surface area (Å²) in [6, 6.07) is 7.78. The third-order valence-corrected chi connectivity index (χ3v) is 5.87.